The van der Waals surface area contributed by atoms with E-state index in [1.54, 1.807) is 18.1 Å². The van der Waals surface area contributed by atoms with E-state index in [2.05, 4.69) is 43.5 Å². The minimum atomic E-state index is 0.272. The van der Waals surface area contributed by atoms with Crippen molar-refractivity contribution in [2.45, 2.75) is 18.9 Å². The van der Waals surface area contributed by atoms with Crippen LogP contribution in [0.5, 0.6) is 5.75 Å². The van der Waals surface area contributed by atoms with Crippen LogP contribution >= 0.6 is 0 Å². The smallest absolute Gasteiger partial charge is 0.163 e. The molecular formula is C19H24N6O. The van der Waals surface area contributed by atoms with Crippen LogP contribution in [0, 0.1) is 0 Å². The largest absolute Gasteiger partial charge is 0.497 e. The molecule has 0 bridgehead atoms. The van der Waals surface area contributed by atoms with E-state index < -0.39 is 0 Å². The van der Waals surface area contributed by atoms with Crippen molar-refractivity contribution in [1.82, 2.24) is 24.6 Å². The molecule has 1 aliphatic heterocycles. The van der Waals surface area contributed by atoms with Crippen LogP contribution < -0.4 is 10.1 Å². The molecule has 3 heterocycles. The van der Waals surface area contributed by atoms with Crippen LogP contribution in [0.1, 0.15) is 24.4 Å². The highest BCUT2D eigenvalue weighted by Crippen LogP contribution is 2.28. The number of anilines is 1. The molecule has 7 nitrogen and oxygen atoms in total. The Kier molecular flexibility index (Phi) is 4.71. The van der Waals surface area contributed by atoms with Crippen molar-refractivity contribution in [3.8, 4) is 5.75 Å². The van der Waals surface area contributed by atoms with Crippen molar-refractivity contribution in [2.24, 2.45) is 7.05 Å². The van der Waals surface area contributed by atoms with Crippen molar-refractivity contribution >= 4 is 16.9 Å². The lowest BCUT2D eigenvalue weighted by Crippen LogP contribution is -2.31. The van der Waals surface area contributed by atoms with Crippen molar-refractivity contribution < 1.29 is 4.74 Å². The lowest BCUT2D eigenvalue weighted by Gasteiger charge is -2.28. The molecule has 1 atom stereocenters. The summed E-state index contributed by atoms with van der Waals surface area (Å²) in [6.45, 7) is 3.01. The molecule has 2 aromatic heterocycles. The number of aromatic nitrogens is 4. The lowest BCUT2D eigenvalue weighted by atomic mass is 10.0. The summed E-state index contributed by atoms with van der Waals surface area (Å²) < 4.78 is 7.19. The Labute approximate surface area is 153 Å². The Morgan fingerprint density at radius 1 is 1.23 bits per heavy atom. The van der Waals surface area contributed by atoms with Crippen LogP contribution in [0.25, 0.3) is 11.0 Å². The number of ether oxygens (including phenoxy) is 1. The molecule has 0 unspecified atom stereocenters. The first-order valence-corrected chi connectivity index (χ1v) is 9.01. The van der Waals surface area contributed by atoms with Gasteiger partial charge in [0.1, 0.15) is 17.9 Å². The van der Waals surface area contributed by atoms with Gasteiger partial charge in [0.05, 0.1) is 24.7 Å². The number of nitrogens with one attached hydrogen (secondary N) is 1. The van der Waals surface area contributed by atoms with Gasteiger partial charge in [-0.25, -0.2) is 9.97 Å². The second kappa shape index (κ2) is 7.29. The minimum absolute atomic E-state index is 0.272. The van der Waals surface area contributed by atoms with E-state index in [0.717, 1.165) is 42.2 Å². The fraction of sp³-hybridized carbons (Fsp3) is 0.421. The third-order valence-corrected chi connectivity index (χ3v) is 5.05. The van der Waals surface area contributed by atoms with Gasteiger partial charge in [-0.3, -0.25) is 9.58 Å². The summed E-state index contributed by atoms with van der Waals surface area (Å²) in [7, 11) is 3.60. The van der Waals surface area contributed by atoms with Gasteiger partial charge in [0.25, 0.3) is 0 Å². The second-order valence-corrected chi connectivity index (χ2v) is 6.64. The molecule has 136 valence electrons. The molecule has 1 saturated heterocycles. The summed E-state index contributed by atoms with van der Waals surface area (Å²) in [5, 5.41) is 8.76. The van der Waals surface area contributed by atoms with E-state index in [-0.39, 0.29) is 6.04 Å². The summed E-state index contributed by atoms with van der Waals surface area (Å²) in [6.07, 6.45) is 5.90. The zero-order chi connectivity index (χ0) is 17.9. The number of hydrogen-bond donors (Lipinski definition) is 1. The summed E-state index contributed by atoms with van der Waals surface area (Å²) in [5.41, 5.74) is 2.09. The summed E-state index contributed by atoms with van der Waals surface area (Å²) in [6, 6.07) is 8.62. The van der Waals surface area contributed by atoms with Gasteiger partial charge < -0.3 is 10.1 Å². The summed E-state index contributed by atoms with van der Waals surface area (Å²) in [5.74, 6) is 1.72. The molecule has 3 aromatic rings. The first kappa shape index (κ1) is 16.8. The van der Waals surface area contributed by atoms with Crippen molar-refractivity contribution in [3.63, 3.8) is 0 Å². The van der Waals surface area contributed by atoms with Crippen molar-refractivity contribution in [1.29, 1.82) is 0 Å². The van der Waals surface area contributed by atoms with E-state index >= 15 is 0 Å². The number of likely N-dealkylation sites (tertiary alicyclic amines) is 1. The van der Waals surface area contributed by atoms with Gasteiger partial charge in [-0.1, -0.05) is 12.1 Å². The normalized spacial score (nSPS) is 16.1. The molecule has 7 heteroatoms. The average molecular weight is 352 g/mol. The SMILES string of the molecule is COc1cccc([C@@H](CNc2ncnc3c2cnn3C)N2CCCC2)c1. The molecular weight excluding hydrogens is 328 g/mol. The molecule has 26 heavy (non-hydrogen) atoms. The molecule has 1 aliphatic rings. The standard InChI is InChI=1S/C19H24N6O/c1-24-19-16(11-23-24)18(21-13-22-19)20-12-17(25-8-3-4-9-25)14-6-5-7-15(10-14)26-2/h5-7,10-11,13,17H,3-4,8-9,12H2,1-2H3,(H,20,21,22)/t17-/m1/s1. The Morgan fingerprint density at radius 3 is 2.88 bits per heavy atom. The molecule has 0 amide bonds. The fourth-order valence-electron chi connectivity index (χ4n) is 3.66. The zero-order valence-corrected chi connectivity index (χ0v) is 15.2. The predicted molar refractivity (Wildman–Crippen MR) is 101 cm³/mol. The number of benzene rings is 1. The average Bonchev–Trinajstić information content (AvgIpc) is 3.33. The maximum absolute atomic E-state index is 5.42. The van der Waals surface area contributed by atoms with Crippen LogP contribution in [0.2, 0.25) is 0 Å². The van der Waals surface area contributed by atoms with Gasteiger partial charge in [-0.05, 0) is 43.6 Å². The maximum Gasteiger partial charge on any atom is 0.163 e. The molecule has 1 aromatic carbocycles. The van der Waals surface area contributed by atoms with E-state index in [1.807, 2.05) is 19.3 Å². The monoisotopic (exact) mass is 352 g/mol. The van der Waals surface area contributed by atoms with E-state index in [9.17, 15) is 0 Å². The molecule has 0 saturated carbocycles. The number of fused-ring (bicyclic) bond motifs is 1. The van der Waals surface area contributed by atoms with Crippen LogP contribution in [0.4, 0.5) is 5.82 Å². The highest BCUT2D eigenvalue weighted by Gasteiger charge is 2.24. The van der Waals surface area contributed by atoms with Crippen molar-refractivity contribution in [2.75, 3.05) is 32.1 Å². The molecule has 0 aliphatic carbocycles. The third kappa shape index (κ3) is 3.22. The Bertz CT molecular complexity index is 887. The second-order valence-electron chi connectivity index (χ2n) is 6.64. The first-order chi connectivity index (χ1) is 12.8. The first-order valence-electron chi connectivity index (χ1n) is 9.01. The van der Waals surface area contributed by atoms with Gasteiger partial charge in [0.15, 0.2) is 5.65 Å². The van der Waals surface area contributed by atoms with Gasteiger partial charge in [0.2, 0.25) is 0 Å². The Hall–Kier alpha value is -2.67. The summed E-state index contributed by atoms with van der Waals surface area (Å²) >= 11 is 0. The van der Waals surface area contributed by atoms with Gasteiger partial charge in [-0.15, -0.1) is 0 Å². The highest BCUT2D eigenvalue weighted by atomic mass is 16.5. The number of hydrogen-bond acceptors (Lipinski definition) is 6. The Balaban J connectivity index is 1.60. The van der Waals surface area contributed by atoms with Crippen LogP contribution in [-0.2, 0) is 7.05 Å². The molecule has 0 radical (unpaired) electrons. The zero-order valence-electron chi connectivity index (χ0n) is 15.2. The van der Waals surface area contributed by atoms with Crippen LogP contribution in [0.3, 0.4) is 0 Å². The molecule has 1 N–H and O–H groups in total. The van der Waals surface area contributed by atoms with E-state index in [1.165, 1.54) is 18.4 Å². The summed E-state index contributed by atoms with van der Waals surface area (Å²) in [4.78, 5) is 11.3. The molecule has 1 fully saturated rings. The van der Waals surface area contributed by atoms with E-state index in [4.69, 9.17) is 4.74 Å². The third-order valence-electron chi connectivity index (χ3n) is 5.05. The fourth-order valence-corrected chi connectivity index (χ4v) is 3.66. The van der Waals surface area contributed by atoms with Crippen molar-refractivity contribution in [3.05, 3.63) is 42.4 Å². The molecule has 0 spiro atoms. The van der Waals surface area contributed by atoms with Gasteiger partial charge >= 0.3 is 0 Å². The van der Waals surface area contributed by atoms with Gasteiger partial charge in [-0.2, -0.15) is 5.10 Å². The lowest BCUT2D eigenvalue weighted by molar-refractivity contribution is 0.255. The van der Waals surface area contributed by atoms with Crippen LogP contribution in [0.15, 0.2) is 36.8 Å². The quantitative estimate of drug-likeness (QED) is 0.735. The van der Waals surface area contributed by atoms with E-state index in [0.29, 0.717) is 0 Å². The molecule has 4 rings (SSSR count). The van der Waals surface area contributed by atoms with Crippen LogP contribution in [-0.4, -0.2) is 51.4 Å². The highest BCUT2D eigenvalue weighted by molar-refractivity contribution is 5.85. The number of nitrogens with zero attached hydrogens (tertiary/aromatic N) is 5. The predicted octanol–water partition coefficient (Wildman–Crippen LogP) is 2.62. The Morgan fingerprint density at radius 2 is 2.08 bits per heavy atom. The topological polar surface area (TPSA) is 68.1 Å². The number of aryl methyl sites for hydroxylation is 1. The minimum Gasteiger partial charge on any atom is -0.497 e. The number of rotatable bonds is 6. The van der Waals surface area contributed by atoms with Gasteiger partial charge in [0, 0.05) is 13.6 Å². The maximum atomic E-state index is 5.42. The number of methoxy groups -OCH3 is 1.